The summed E-state index contributed by atoms with van der Waals surface area (Å²) in [4.78, 5) is 28.5. The Morgan fingerprint density at radius 2 is 1.70 bits per heavy atom. The van der Waals surface area contributed by atoms with Gasteiger partial charge >= 0.3 is 0 Å². The van der Waals surface area contributed by atoms with E-state index >= 15 is 0 Å². The Morgan fingerprint density at radius 3 is 2.33 bits per heavy atom. The number of halogens is 3. The normalized spacial score (nSPS) is 17.4. The number of ketones is 1. The average molecular weight is 547 g/mol. The van der Waals surface area contributed by atoms with Gasteiger partial charge in [-0.05, 0) is 67.8 Å². The molecule has 1 atom stereocenters. The van der Waals surface area contributed by atoms with Crippen LogP contribution in [0, 0.1) is 20.8 Å². The molecule has 0 aromatic heterocycles. The lowest BCUT2D eigenvalue weighted by Gasteiger charge is -2.24. The Hall–Kier alpha value is -2.18. The fraction of sp³-hybridized carbons (Fsp3) is 0.231. The molecule has 3 aromatic carbocycles. The van der Waals surface area contributed by atoms with Gasteiger partial charge in [-0.15, -0.1) is 0 Å². The number of aliphatic hydroxyl groups is 1. The third-order valence-electron chi connectivity index (χ3n) is 6.01. The summed E-state index contributed by atoms with van der Waals surface area (Å²) in [5, 5.41) is 12.6. The van der Waals surface area contributed by atoms with E-state index < -0.39 is 11.5 Å². The molecule has 170 valence electrons. The molecule has 1 aliphatic heterocycles. The molecule has 1 aliphatic rings. The van der Waals surface area contributed by atoms with Crippen molar-refractivity contribution in [1.82, 2.24) is 0 Å². The van der Waals surface area contributed by atoms with E-state index in [4.69, 9.17) is 23.2 Å². The molecule has 1 heterocycles. The summed E-state index contributed by atoms with van der Waals surface area (Å²) >= 11 is 15.8. The van der Waals surface area contributed by atoms with Gasteiger partial charge in [0.15, 0.2) is 11.4 Å². The smallest absolute Gasteiger partial charge is 0.264 e. The molecule has 3 aromatic rings. The average Bonchev–Trinajstić information content (AvgIpc) is 2.90. The van der Waals surface area contributed by atoms with Gasteiger partial charge in [-0.25, -0.2) is 0 Å². The van der Waals surface area contributed by atoms with Crippen LogP contribution in [-0.4, -0.2) is 16.8 Å². The first-order valence-corrected chi connectivity index (χ1v) is 12.0. The van der Waals surface area contributed by atoms with Crippen LogP contribution in [0.2, 0.25) is 10.0 Å². The number of Topliss-reactive ketones (excluding diaryl/α,β-unsaturated/α-hetero) is 1. The third-order valence-corrected chi connectivity index (χ3v) is 7.09. The number of carbonyl (C=O) groups excluding carboxylic acids is 2. The lowest BCUT2D eigenvalue weighted by molar-refractivity contribution is -0.136. The minimum absolute atomic E-state index is 0.141. The van der Waals surface area contributed by atoms with E-state index in [9.17, 15) is 14.7 Å². The Morgan fingerprint density at radius 1 is 1.03 bits per heavy atom. The number of carbonyl (C=O) groups is 2. The number of nitrogens with zero attached hydrogens (tertiary/aromatic N) is 1. The van der Waals surface area contributed by atoms with Crippen LogP contribution in [0.3, 0.4) is 0 Å². The predicted octanol–water partition coefficient (Wildman–Crippen LogP) is 6.69. The molecular weight excluding hydrogens is 525 g/mol. The van der Waals surface area contributed by atoms with Gasteiger partial charge in [-0.2, -0.15) is 0 Å². The summed E-state index contributed by atoms with van der Waals surface area (Å²) in [6.45, 7) is 5.85. The van der Waals surface area contributed by atoms with E-state index in [0.29, 0.717) is 36.9 Å². The summed E-state index contributed by atoms with van der Waals surface area (Å²) in [6.07, 6.45) is -0.356. The fourth-order valence-electron chi connectivity index (χ4n) is 4.61. The second kappa shape index (κ2) is 8.88. The maximum Gasteiger partial charge on any atom is 0.264 e. The zero-order valence-electron chi connectivity index (χ0n) is 18.4. The minimum atomic E-state index is -1.99. The quantitative estimate of drug-likeness (QED) is 0.363. The first-order chi connectivity index (χ1) is 15.5. The molecule has 1 amide bonds. The minimum Gasteiger partial charge on any atom is -0.375 e. The molecule has 0 aliphatic carbocycles. The second-order valence-electron chi connectivity index (χ2n) is 8.52. The van der Waals surface area contributed by atoms with Gasteiger partial charge in [0.1, 0.15) is 0 Å². The summed E-state index contributed by atoms with van der Waals surface area (Å²) in [5.74, 6) is -0.837. The number of rotatable bonds is 5. The topological polar surface area (TPSA) is 57.6 Å². The highest BCUT2D eigenvalue weighted by molar-refractivity contribution is 9.10. The maximum absolute atomic E-state index is 13.6. The molecule has 0 spiro atoms. The molecule has 7 heteroatoms. The first kappa shape index (κ1) is 24.0. The van der Waals surface area contributed by atoms with E-state index in [-0.39, 0.29) is 18.7 Å². The zero-order chi connectivity index (χ0) is 24.1. The van der Waals surface area contributed by atoms with E-state index in [1.54, 1.807) is 36.4 Å². The molecule has 0 saturated carbocycles. The Kier molecular flexibility index (Phi) is 6.45. The third kappa shape index (κ3) is 4.35. The van der Waals surface area contributed by atoms with Gasteiger partial charge in [0.05, 0.1) is 18.7 Å². The second-order valence-corrected chi connectivity index (χ2v) is 10.3. The van der Waals surface area contributed by atoms with Crippen LogP contribution in [0.5, 0.6) is 0 Å². The van der Waals surface area contributed by atoms with Gasteiger partial charge in [0.2, 0.25) is 0 Å². The number of hydrogen-bond acceptors (Lipinski definition) is 3. The molecular formula is C26H22BrCl2NO3. The summed E-state index contributed by atoms with van der Waals surface area (Å²) in [6, 6.07) is 14.2. The highest BCUT2D eigenvalue weighted by Crippen LogP contribution is 2.45. The molecule has 1 N–H and O–H groups in total. The fourth-order valence-corrected chi connectivity index (χ4v) is 5.44. The number of fused-ring (bicyclic) bond motifs is 1. The van der Waals surface area contributed by atoms with Crippen molar-refractivity contribution in [3.63, 3.8) is 0 Å². The predicted molar refractivity (Wildman–Crippen MR) is 135 cm³/mol. The Bertz CT molecular complexity index is 1280. The van der Waals surface area contributed by atoms with Crippen molar-refractivity contribution in [3.8, 4) is 0 Å². The van der Waals surface area contributed by atoms with E-state index in [0.717, 1.165) is 16.7 Å². The van der Waals surface area contributed by atoms with Crippen LogP contribution in [0.1, 0.15) is 44.6 Å². The Balaban J connectivity index is 1.75. The van der Waals surface area contributed by atoms with Gasteiger partial charge < -0.3 is 10.0 Å². The maximum atomic E-state index is 13.6. The molecule has 4 nitrogen and oxygen atoms in total. The SMILES string of the molecule is Cc1cc(C)c(C(=O)CC2(O)C(=O)N(Cc3ccc(Cl)cc3Cl)c3ccc(Br)cc32)c(C)c1. The van der Waals surface area contributed by atoms with Crippen molar-refractivity contribution < 1.29 is 14.7 Å². The van der Waals surface area contributed by atoms with Crippen molar-refractivity contribution in [3.05, 3.63) is 96.4 Å². The van der Waals surface area contributed by atoms with Crippen LogP contribution >= 0.6 is 39.1 Å². The van der Waals surface area contributed by atoms with Gasteiger partial charge in [0.25, 0.3) is 5.91 Å². The highest BCUT2D eigenvalue weighted by atomic mass is 79.9. The summed E-state index contributed by atoms with van der Waals surface area (Å²) in [7, 11) is 0. The van der Waals surface area contributed by atoms with Crippen LogP contribution in [0.15, 0.2) is 53.0 Å². The van der Waals surface area contributed by atoms with E-state index in [1.165, 1.54) is 4.90 Å². The Labute approximate surface area is 211 Å². The molecule has 33 heavy (non-hydrogen) atoms. The van der Waals surface area contributed by atoms with Gasteiger partial charge in [-0.3, -0.25) is 9.59 Å². The number of amides is 1. The van der Waals surface area contributed by atoms with Crippen molar-refractivity contribution in [2.24, 2.45) is 0 Å². The largest absolute Gasteiger partial charge is 0.375 e. The van der Waals surface area contributed by atoms with Crippen molar-refractivity contribution in [2.75, 3.05) is 4.90 Å². The van der Waals surface area contributed by atoms with Crippen LogP contribution in [-0.2, 0) is 16.9 Å². The molecule has 1 unspecified atom stereocenters. The monoisotopic (exact) mass is 545 g/mol. The molecule has 0 radical (unpaired) electrons. The summed E-state index contributed by atoms with van der Waals surface area (Å²) < 4.78 is 0.703. The lowest BCUT2D eigenvalue weighted by Crippen LogP contribution is -2.41. The number of aryl methyl sites for hydroxylation is 3. The van der Waals surface area contributed by atoms with Crippen molar-refractivity contribution >= 4 is 56.5 Å². The number of benzene rings is 3. The first-order valence-electron chi connectivity index (χ1n) is 10.4. The van der Waals surface area contributed by atoms with Crippen molar-refractivity contribution in [2.45, 2.75) is 39.3 Å². The van der Waals surface area contributed by atoms with E-state index in [1.807, 2.05) is 32.9 Å². The van der Waals surface area contributed by atoms with Gasteiger partial charge in [0, 0.05) is 25.6 Å². The van der Waals surface area contributed by atoms with Crippen molar-refractivity contribution in [1.29, 1.82) is 0 Å². The van der Waals surface area contributed by atoms with Crippen LogP contribution < -0.4 is 4.90 Å². The molecule has 0 bridgehead atoms. The standard InChI is InChI=1S/C26H22BrCl2NO3/c1-14-8-15(2)24(16(3)9-14)23(31)12-26(33)20-10-18(27)5-7-22(20)30(25(26)32)13-17-4-6-19(28)11-21(17)29/h4-11,33H,12-13H2,1-3H3. The van der Waals surface area contributed by atoms with E-state index in [2.05, 4.69) is 15.9 Å². The van der Waals surface area contributed by atoms with Gasteiger partial charge in [-0.1, -0.05) is 62.9 Å². The zero-order valence-corrected chi connectivity index (χ0v) is 21.5. The molecule has 0 fully saturated rings. The van der Waals surface area contributed by atoms with Crippen LogP contribution in [0.4, 0.5) is 5.69 Å². The van der Waals surface area contributed by atoms with Crippen LogP contribution in [0.25, 0.3) is 0 Å². The number of hydrogen-bond donors (Lipinski definition) is 1. The number of anilines is 1. The lowest BCUT2D eigenvalue weighted by atomic mass is 9.85. The highest BCUT2D eigenvalue weighted by Gasteiger charge is 2.51. The molecule has 4 rings (SSSR count). The molecule has 0 saturated heterocycles. The summed E-state index contributed by atoms with van der Waals surface area (Å²) in [5.41, 5.74) is 2.87.